The maximum absolute atomic E-state index is 12.4. The monoisotopic (exact) mass is 458 g/mol. The van der Waals surface area contributed by atoms with Crippen LogP contribution in [-0.4, -0.2) is 15.6 Å². The predicted octanol–water partition coefficient (Wildman–Crippen LogP) is 5.05. The molecule has 1 fully saturated rings. The molecule has 3 nitrogen and oxygen atoms in total. The van der Waals surface area contributed by atoms with E-state index in [0.29, 0.717) is 18.1 Å². The van der Waals surface area contributed by atoms with Crippen LogP contribution in [0.25, 0.3) is 0 Å². The Bertz CT molecular complexity index is 698. The van der Waals surface area contributed by atoms with E-state index in [1.54, 1.807) is 0 Å². The lowest BCUT2D eigenvalue weighted by Crippen LogP contribution is -2.52. The molecule has 2 aliphatic carbocycles. The van der Waals surface area contributed by atoms with Crippen LogP contribution in [0.2, 0.25) is 0 Å². The van der Waals surface area contributed by atoms with Crippen LogP contribution < -0.4 is 0 Å². The van der Waals surface area contributed by atoms with Gasteiger partial charge in [0.2, 0.25) is 0 Å². The molecule has 1 saturated carbocycles. The molecule has 0 N–H and O–H groups in total. The Hall–Kier alpha value is -0.480. The number of Topliss-reactive ketones (excluding diaryl/α,β-unsaturated/α-hetero) is 1. The first-order valence-corrected chi connectivity index (χ1v) is 12.1. The van der Waals surface area contributed by atoms with Crippen molar-refractivity contribution >= 4 is 35.9 Å². The van der Waals surface area contributed by atoms with E-state index in [2.05, 4.69) is 53.1 Å². The normalized spacial score (nSPS) is 27.1. The van der Waals surface area contributed by atoms with E-state index in [9.17, 15) is 4.79 Å². The molecule has 24 heavy (non-hydrogen) atoms. The van der Waals surface area contributed by atoms with Crippen LogP contribution in [-0.2, 0) is 23.7 Å². The fourth-order valence-corrected chi connectivity index (χ4v) is 5.06. The minimum Gasteiger partial charge on any atom is -0.299 e. The van der Waals surface area contributed by atoms with Crippen LogP contribution >= 0.6 is 30.1 Å². The maximum atomic E-state index is 12.4. The fourth-order valence-electron chi connectivity index (χ4n) is 4.60. The molecule has 0 aliphatic heterocycles. The molecule has 3 rings (SSSR count). The van der Waals surface area contributed by atoms with Gasteiger partial charge < -0.3 is 0 Å². The second-order valence-electron chi connectivity index (χ2n) is 7.26. The third-order valence-corrected chi connectivity index (χ3v) is 6.65. The van der Waals surface area contributed by atoms with Gasteiger partial charge in [-0.15, -0.1) is 0 Å². The number of carbonyl (C=O) groups excluding carboxylic acids is 1. The molecule has 132 valence electrons. The standard InChI is InChI=1S/C17H21IN2OS.C2H6/c1-16(2)13-6-5-11-12(8-10-22-18)20(4)19-15(11)17(13,3)9-7-14(16)21;1-2/h13H,5-7,9H2,1-4H3;1-2H3/t13?,17-;/m0./s1. The van der Waals surface area contributed by atoms with Gasteiger partial charge in [0, 0.05) is 51.1 Å². The number of halogens is 1. The fraction of sp³-hybridized carbons (Fsp3) is 0.684. The van der Waals surface area contributed by atoms with Crippen molar-refractivity contribution in [2.45, 2.75) is 65.7 Å². The number of aryl methyl sites for hydroxylation is 1. The minimum atomic E-state index is -0.244. The summed E-state index contributed by atoms with van der Waals surface area (Å²) in [5, 5.41) is 7.93. The van der Waals surface area contributed by atoms with Crippen LogP contribution in [0.1, 0.15) is 70.8 Å². The van der Waals surface area contributed by atoms with Crippen molar-refractivity contribution in [3.63, 3.8) is 0 Å². The number of hydrogen-bond donors (Lipinski definition) is 0. The summed E-state index contributed by atoms with van der Waals surface area (Å²) >= 11 is 2.20. The summed E-state index contributed by atoms with van der Waals surface area (Å²) < 4.78 is 1.93. The summed E-state index contributed by atoms with van der Waals surface area (Å²) in [6.45, 7) is 10.6. The quantitative estimate of drug-likeness (QED) is 0.403. The summed E-state index contributed by atoms with van der Waals surface area (Å²) in [6, 6.07) is 0. The molecule has 0 radical (unpaired) electrons. The number of aromatic nitrogens is 2. The molecule has 0 aromatic carbocycles. The lowest BCUT2D eigenvalue weighted by molar-refractivity contribution is -0.137. The van der Waals surface area contributed by atoms with Crippen LogP contribution in [0, 0.1) is 22.5 Å². The zero-order valence-electron chi connectivity index (χ0n) is 15.5. The Kier molecular flexibility index (Phi) is 6.12. The number of rotatable bonds is 0. The molecule has 1 aromatic rings. The molecule has 2 aliphatic rings. The smallest absolute Gasteiger partial charge is 0.138 e. The summed E-state index contributed by atoms with van der Waals surface area (Å²) in [4.78, 5) is 12.4. The number of hydrogen-bond acceptors (Lipinski definition) is 3. The van der Waals surface area contributed by atoms with E-state index in [-0.39, 0.29) is 10.8 Å². The van der Waals surface area contributed by atoms with E-state index in [1.807, 2.05) is 25.6 Å². The highest BCUT2D eigenvalue weighted by molar-refractivity contribution is 14.2. The first-order chi connectivity index (χ1) is 11.3. The second-order valence-corrected chi connectivity index (χ2v) is 8.94. The van der Waals surface area contributed by atoms with E-state index in [1.165, 1.54) is 20.2 Å². The summed E-state index contributed by atoms with van der Waals surface area (Å²) in [6.07, 6.45) is 3.62. The molecule has 2 atom stereocenters. The minimum absolute atomic E-state index is 0.000150. The number of fused-ring (bicyclic) bond motifs is 3. The topological polar surface area (TPSA) is 34.9 Å². The molecule has 0 amide bonds. The summed E-state index contributed by atoms with van der Waals surface area (Å²) in [5.41, 5.74) is 3.30. The van der Waals surface area contributed by atoms with E-state index in [4.69, 9.17) is 5.10 Å². The number of carbonyl (C=O) groups is 1. The highest BCUT2D eigenvalue weighted by atomic mass is 127. The van der Waals surface area contributed by atoms with E-state index >= 15 is 0 Å². The number of ketones is 1. The van der Waals surface area contributed by atoms with Crippen molar-refractivity contribution in [1.82, 2.24) is 9.78 Å². The van der Waals surface area contributed by atoms with Gasteiger partial charge in [0.05, 0.1) is 5.69 Å². The molecule has 5 heteroatoms. The first-order valence-electron chi connectivity index (χ1n) is 8.70. The van der Waals surface area contributed by atoms with Crippen LogP contribution in [0.4, 0.5) is 0 Å². The SMILES string of the molecule is CC.Cn1nc2c(c1C#CSI)CCC1C(C)(C)C(=O)CC[C@]21C. The molecule has 1 heterocycles. The Morgan fingerprint density at radius 2 is 1.96 bits per heavy atom. The Balaban J connectivity index is 0.00000100. The highest BCUT2D eigenvalue weighted by Crippen LogP contribution is 2.55. The molecular formula is C19H27IN2OS. The van der Waals surface area contributed by atoms with Crippen molar-refractivity contribution < 1.29 is 4.79 Å². The zero-order valence-corrected chi connectivity index (χ0v) is 18.5. The van der Waals surface area contributed by atoms with E-state index < -0.39 is 0 Å². The molecular weight excluding hydrogens is 431 g/mol. The maximum Gasteiger partial charge on any atom is 0.138 e. The molecule has 1 aromatic heterocycles. The van der Waals surface area contributed by atoms with Gasteiger partial charge in [-0.05, 0) is 45.3 Å². The van der Waals surface area contributed by atoms with Crippen molar-refractivity contribution in [2.24, 2.45) is 18.4 Å². The van der Waals surface area contributed by atoms with Crippen LogP contribution in [0.15, 0.2) is 0 Å². The predicted molar refractivity (Wildman–Crippen MR) is 110 cm³/mol. The van der Waals surface area contributed by atoms with Crippen molar-refractivity contribution in [2.75, 3.05) is 0 Å². The van der Waals surface area contributed by atoms with Gasteiger partial charge in [-0.1, -0.05) is 34.6 Å². The van der Waals surface area contributed by atoms with Crippen LogP contribution in [0.5, 0.6) is 0 Å². The largest absolute Gasteiger partial charge is 0.299 e. The van der Waals surface area contributed by atoms with Crippen molar-refractivity contribution in [1.29, 1.82) is 0 Å². The van der Waals surface area contributed by atoms with Gasteiger partial charge in [0.1, 0.15) is 11.5 Å². The first kappa shape index (κ1) is 19.8. The van der Waals surface area contributed by atoms with Gasteiger partial charge in [0.25, 0.3) is 0 Å². The van der Waals surface area contributed by atoms with Gasteiger partial charge in [-0.2, -0.15) is 5.10 Å². The average molecular weight is 458 g/mol. The lowest BCUT2D eigenvalue weighted by atomic mass is 9.51. The Morgan fingerprint density at radius 3 is 2.58 bits per heavy atom. The van der Waals surface area contributed by atoms with Gasteiger partial charge >= 0.3 is 0 Å². The Labute approximate surface area is 162 Å². The van der Waals surface area contributed by atoms with Crippen LogP contribution in [0.3, 0.4) is 0 Å². The van der Waals surface area contributed by atoms with E-state index in [0.717, 1.165) is 25.0 Å². The third kappa shape index (κ3) is 3.05. The second kappa shape index (κ2) is 7.41. The van der Waals surface area contributed by atoms with Crippen molar-refractivity contribution in [3.8, 4) is 11.2 Å². The van der Waals surface area contributed by atoms with Gasteiger partial charge in [0.15, 0.2) is 0 Å². The third-order valence-electron chi connectivity index (χ3n) is 5.81. The molecule has 0 bridgehead atoms. The lowest BCUT2D eigenvalue weighted by Gasteiger charge is -2.51. The highest BCUT2D eigenvalue weighted by Gasteiger charge is 2.55. The molecule has 0 saturated heterocycles. The number of nitrogens with zero attached hydrogens (tertiary/aromatic N) is 2. The Morgan fingerprint density at radius 1 is 1.29 bits per heavy atom. The molecule has 0 spiro atoms. The molecule has 1 unspecified atom stereocenters. The van der Waals surface area contributed by atoms with Crippen molar-refractivity contribution in [3.05, 3.63) is 17.0 Å². The van der Waals surface area contributed by atoms with Gasteiger partial charge in [-0.25, -0.2) is 0 Å². The summed E-state index contributed by atoms with van der Waals surface area (Å²) in [7, 11) is 3.49. The zero-order chi connectivity index (χ0) is 18.1. The van der Waals surface area contributed by atoms with Gasteiger partial charge in [-0.3, -0.25) is 9.48 Å². The average Bonchev–Trinajstić information content (AvgIpc) is 2.88. The summed E-state index contributed by atoms with van der Waals surface area (Å²) in [5.74, 6) is 4.04.